The predicted octanol–water partition coefficient (Wildman–Crippen LogP) is 0.706. The zero-order chi connectivity index (χ0) is 11.7. The van der Waals surface area contributed by atoms with Crippen LogP contribution < -0.4 is 10.2 Å². The Balaban J connectivity index is 2.22. The van der Waals surface area contributed by atoms with Gasteiger partial charge in [-0.1, -0.05) is 0 Å². The number of hydrogen-bond acceptors (Lipinski definition) is 5. The molecule has 0 atom stereocenters. The van der Waals surface area contributed by atoms with Crippen molar-refractivity contribution in [1.82, 2.24) is 10.3 Å². The van der Waals surface area contributed by atoms with E-state index in [1.807, 2.05) is 11.9 Å². The Morgan fingerprint density at radius 2 is 2.31 bits per heavy atom. The highest BCUT2D eigenvalue weighted by atomic mass is 16.6. The van der Waals surface area contributed by atoms with Crippen LogP contribution in [0, 0.1) is 17.0 Å². The topological polar surface area (TPSA) is 71.3 Å². The molecule has 0 unspecified atom stereocenters. The summed E-state index contributed by atoms with van der Waals surface area (Å²) in [7, 11) is 1.96. The van der Waals surface area contributed by atoms with Gasteiger partial charge in [0.25, 0.3) is 5.69 Å². The van der Waals surface area contributed by atoms with Gasteiger partial charge in [-0.15, -0.1) is 0 Å². The van der Waals surface area contributed by atoms with Crippen LogP contribution >= 0.6 is 0 Å². The Morgan fingerprint density at radius 3 is 2.75 bits per heavy atom. The van der Waals surface area contributed by atoms with Gasteiger partial charge >= 0.3 is 0 Å². The van der Waals surface area contributed by atoms with Crippen molar-refractivity contribution in [2.45, 2.75) is 13.0 Å². The molecule has 2 rings (SSSR count). The second-order valence-corrected chi connectivity index (χ2v) is 4.01. The molecule has 0 aromatic carbocycles. The second kappa shape index (κ2) is 4.05. The van der Waals surface area contributed by atoms with E-state index >= 15 is 0 Å². The molecular formula is C10H14N4O2. The van der Waals surface area contributed by atoms with Crippen LogP contribution in [0.5, 0.6) is 0 Å². The van der Waals surface area contributed by atoms with Gasteiger partial charge in [-0.25, -0.2) is 4.98 Å². The standard InChI is InChI=1S/C10H14N4O2/c1-7-3-10(12-6-9(7)14(15)16)13(2)8-4-11-5-8/h3,6,8,11H,4-5H2,1-2H3. The van der Waals surface area contributed by atoms with Crippen LogP contribution in [-0.2, 0) is 0 Å². The molecule has 16 heavy (non-hydrogen) atoms. The number of rotatable bonds is 3. The van der Waals surface area contributed by atoms with Crippen molar-refractivity contribution in [3.05, 3.63) is 27.9 Å². The lowest BCUT2D eigenvalue weighted by Crippen LogP contribution is -2.56. The summed E-state index contributed by atoms with van der Waals surface area (Å²) in [6.45, 7) is 3.61. The maximum atomic E-state index is 10.6. The molecule has 1 fully saturated rings. The van der Waals surface area contributed by atoms with Crippen LogP contribution in [0.25, 0.3) is 0 Å². The molecule has 0 amide bonds. The fourth-order valence-electron chi connectivity index (χ4n) is 1.65. The number of nitrogens with one attached hydrogen (secondary N) is 1. The first-order chi connectivity index (χ1) is 7.59. The smallest absolute Gasteiger partial charge is 0.290 e. The third-order valence-corrected chi connectivity index (χ3v) is 2.93. The van der Waals surface area contributed by atoms with E-state index in [0.717, 1.165) is 18.9 Å². The molecule has 6 nitrogen and oxygen atoms in total. The molecule has 6 heteroatoms. The number of nitro groups is 1. The summed E-state index contributed by atoms with van der Waals surface area (Å²) in [5.41, 5.74) is 0.720. The monoisotopic (exact) mass is 222 g/mol. The predicted molar refractivity (Wildman–Crippen MR) is 60.7 cm³/mol. The van der Waals surface area contributed by atoms with Crippen molar-refractivity contribution < 1.29 is 4.92 Å². The highest BCUT2D eigenvalue weighted by molar-refractivity contribution is 5.49. The highest BCUT2D eigenvalue weighted by Gasteiger charge is 2.23. The summed E-state index contributed by atoms with van der Waals surface area (Å²) in [5.74, 6) is 0.787. The molecule has 86 valence electrons. The molecule has 1 aliphatic rings. The zero-order valence-electron chi connectivity index (χ0n) is 9.30. The third-order valence-electron chi connectivity index (χ3n) is 2.93. The minimum atomic E-state index is -0.406. The average molecular weight is 222 g/mol. The SMILES string of the molecule is Cc1cc(N(C)C2CNC2)ncc1[N+](=O)[O-]. The van der Waals surface area contributed by atoms with Crippen LogP contribution in [-0.4, -0.2) is 36.1 Å². The summed E-state index contributed by atoms with van der Waals surface area (Å²) in [6.07, 6.45) is 1.33. The van der Waals surface area contributed by atoms with E-state index in [1.165, 1.54) is 6.20 Å². The minimum absolute atomic E-state index is 0.0730. The quantitative estimate of drug-likeness (QED) is 0.602. The number of anilines is 1. The van der Waals surface area contributed by atoms with Gasteiger partial charge in [-0.05, 0) is 13.0 Å². The Labute approximate surface area is 93.4 Å². The highest BCUT2D eigenvalue weighted by Crippen LogP contribution is 2.22. The van der Waals surface area contributed by atoms with Crippen LogP contribution in [0.3, 0.4) is 0 Å². The van der Waals surface area contributed by atoms with Gasteiger partial charge in [0.2, 0.25) is 0 Å². The van der Waals surface area contributed by atoms with Crippen molar-refractivity contribution in [3.8, 4) is 0 Å². The summed E-state index contributed by atoms with van der Waals surface area (Å²) in [5, 5.41) is 13.8. The summed E-state index contributed by atoms with van der Waals surface area (Å²) >= 11 is 0. The van der Waals surface area contributed by atoms with Gasteiger partial charge in [-0.3, -0.25) is 10.1 Å². The molecular weight excluding hydrogens is 208 g/mol. The lowest BCUT2D eigenvalue weighted by molar-refractivity contribution is -0.385. The lowest BCUT2D eigenvalue weighted by atomic mass is 10.1. The van der Waals surface area contributed by atoms with Crippen LogP contribution in [0.2, 0.25) is 0 Å². The van der Waals surface area contributed by atoms with E-state index in [1.54, 1.807) is 13.0 Å². The minimum Gasteiger partial charge on any atom is -0.354 e. The Bertz CT molecular complexity index is 417. The van der Waals surface area contributed by atoms with Crippen LogP contribution in [0.1, 0.15) is 5.56 Å². The number of hydrogen-bond donors (Lipinski definition) is 1. The van der Waals surface area contributed by atoms with Gasteiger partial charge in [0, 0.05) is 25.7 Å². The molecule has 1 aromatic rings. The van der Waals surface area contributed by atoms with Gasteiger partial charge in [0.1, 0.15) is 12.0 Å². The van der Waals surface area contributed by atoms with Crippen molar-refractivity contribution in [3.63, 3.8) is 0 Å². The van der Waals surface area contributed by atoms with Crippen molar-refractivity contribution in [2.24, 2.45) is 0 Å². The fraction of sp³-hybridized carbons (Fsp3) is 0.500. The van der Waals surface area contributed by atoms with Crippen LogP contribution in [0.4, 0.5) is 11.5 Å². The number of nitrogens with zero attached hydrogens (tertiary/aromatic N) is 3. The summed E-state index contributed by atoms with van der Waals surface area (Å²) < 4.78 is 0. The number of likely N-dealkylation sites (N-methyl/N-ethyl adjacent to an activating group) is 1. The molecule has 0 aliphatic carbocycles. The largest absolute Gasteiger partial charge is 0.354 e. The zero-order valence-corrected chi connectivity index (χ0v) is 9.30. The first-order valence-corrected chi connectivity index (χ1v) is 5.14. The Kier molecular flexibility index (Phi) is 2.74. The van der Waals surface area contributed by atoms with Gasteiger partial charge < -0.3 is 10.2 Å². The normalized spacial score (nSPS) is 15.6. The second-order valence-electron chi connectivity index (χ2n) is 4.01. The number of pyridine rings is 1. The maximum Gasteiger partial charge on any atom is 0.290 e. The lowest BCUT2D eigenvalue weighted by Gasteiger charge is -2.36. The first kappa shape index (κ1) is 10.8. The number of aromatic nitrogens is 1. The Hall–Kier alpha value is -1.69. The van der Waals surface area contributed by atoms with Gasteiger partial charge in [0.15, 0.2) is 0 Å². The van der Waals surface area contributed by atoms with E-state index in [4.69, 9.17) is 0 Å². The first-order valence-electron chi connectivity index (χ1n) is 5.14. The molecule has 0 radical (unpaired) electrons. The molecule has 0 bridgehead atoms. The maximum absolute atomic E-state index is 10.6. The molecule has 0 saturated carbocycles. The fourth-order valence-corrected chi connectivity index (χ4v) is 1.65. The summed E-state index contributed by atoms with van der Waals surface area (Å²) in [4.78, 5) is 16.4. The van der Waals surface area contributed by atoms with Gasteiger partial charge in [-0.2, -0.15) is 0 Å². The van der Waals surface area contributed by atoms with E-state index in [9.17, 15) is 10.1 Å². The molecule has 1 aliphatic heterocycles. The molecule has 0 spiro atoms. The van der Waals surface area contributed by atoms with Crippen molar-refractivity contribution in [2.75, 3.05) is 25.0 Å². The molecule has 1 saturated heterocycles. The van der Waals surface area contributed by atoms with E-state index in [-0.39, 0.29) is 5.69 Å². The molecule has 1 aromatic heterocycles. The average Bonchev–Trinajstić information content (AvgIpc) is 2.14. The third kappa shape index (κ3) is 1.83. The Morgan fingerprint density at radius 1 is 1.62 bits per heavy atom. The van der Waals surface area contributed by atoms with E-state index < -0.39 is 4.92 Å². The van der Waals surface area contributed by atoms with Crippen molar-refractivity contribution in [1.29, 1.82) is 0 Å². The van der Waals surface area contributed by atoms with E-state index in [2.05, 4.69) is 10.3 Å². The van der Waals surface area contributed by atoms with E-state index in [0.29, 0.717) is 11.6 Å². The van der Waals surface area contributed by atoms with Crippen molar-refractivity contribution >= 4 is 11.5 Å². The van der Waals surface area contributed by atoms with Gasteiger partial charge in [0.05, 0.1) is 11.0 Å². The molecule has 1 N–H and O–H groups in total. The number of aryl methyl sites for hydroxylation is 1. The summed E-state index contributed by atoms with van der Waals surface area (Å²) in [6, 6.07) is 2.20. The molecule has 2 heterocycles. The van der Waals surface area contributed by atoms with Crippen LogP contribution in [0.15, 0.2) is 12.3 Å².